The van der Waals surface area contributed by atoms with Crippen LogP contribution < -0.4 is 5.73 Å². The molecule has 30 heavy (non-hydrogen) atoms. The van der Waals surface area contributed by atoms with Crippen LogP contribution in [-0.4, -0.2) is 39.7 Å². The van der Waals surface area contributed by atoms with Gasteiger partial charge in [-0.15, -0.1) is 0 Å². The summed E-state index contributed by atoms with van der Waals surface area (Å²) >= 11 is 0. The summed E-state index contributed by atoms with van der Waals surface area (Å²) in [5.41, 5.74) is 10.6. The first-order chi connectivity index (χ1) is 14.5. The molecule has 1 fully saturated rings. The molecular formula is C22H23FN4O3. The fourth-order valence-corrected chi connectivity index (χ4v) is 4.27. The van der Waals surface area contributed by atoms with E-state index in [1.165, 1.54) is 6.07 Å². The summed E-state index contributed by atoms with van der Waals surface area (Å²) in [5.74, 6) is 0.214. The first-order valence-electron chi connectivity index (χ1n) is 9.95. The molecule has 2 aromatic heterocycles. The Kier molecular flexibility index (Phi) is 4.86. The van der Waals surface area contributed by atoms with Crippen LogP contribution in [0.3, 0.4) is 0 Å². The number of aliphatic hydroxyl groups is 1. The molecule has 3 N–H and O–H groups in total. The van der Waals surface area contributed by atoms with E-state index in [4.69, 9.17) is 15.2 Å². The zero-order valence-corrected chi connectivity index (χ0v) is 16.6. The standard InChI is InChI=1S/C22H23FN4O3/c1-12-6-13(2-3-17(12)23)20-11-29-5-4-27(20)22(28)18-7-14-15-9-30-10-16(15)21(24)26-19(14)8-25-18/h2-3,6-8,20,22,28H,4-5,9-11H2,1H3,(H2,24,26). The van der Waals surface area contributed by atoms with Crippen LogP contribution in [0.25, 0.3) is 10.9 Å². The number of benzene rings is 1. The largest absolute Gasteiger partial charge is 0.383 e. The molecule has 156 valence electrons. The van der Waals surface area contributed by atoms with E-state index in [-0.39, 0.29) is 11.9 Å². The Balaban J connectivity index is 1.52. The Morgan fingerprint density at radius 2 is 2.07 bits per heavy atom. The number of fused-ring (bicyclic) bond motifs is 3. The van der Waals surface area contributed by atoms with Crippen molar-refractivity contribution in [3.63, 3.8) is 0 Å². The lowest BCUT2D eigenvalue weighted by Gasteiger charge is -2.38. The van der Waals surface area contributed by atoms with Crippen LogP contribution >= 0.6 is 0 Å². The lowest BCUT2D eigenvalue weighted by Crippen LogP contribution is -2.42. The summed E-state index contributed by atoms with van der Waals surface area (Å²) in [5, 5.41) is 12.1. The average Bonchev–Trinajstić information content (AvgIpc) is 3.26. The number of nitrogens with zero attached hydrogens (tertiary/aromatic N) is 3. The fourth-order valence-electron chi connectivity index (χ4n) is 4.27. The Bertz CT molecular complexity index is 1120. The monoisotopic (exact) mass is 410 g/mol. The van der Waals surface area contributed by atoms with Crippen LogP contribution in [0.5, 0.6) is 0 Å². The highest BCUT2D eigenvalue weighted by molar-refractivity contribution is 5.85. The van der Waals surface area contributed by atoms with Crippen molar-refractivity contribution in [3.05, 3.63) is 64.2 Å². The second kappa shape index (κ2) is 7.55. The predicted octanol–water partition coefficient (Wildman–Crippen LogP) is 2.75. The van der Waals surface area contributed by atoms with Crippen LogP contribution in [0, 0.1) is 12.7 Å². The highest BCUT2D eigenvalue weighted by atomic mass is 19.1. The number of pyridine rings is 2. The van der Waals surface area contributed by atoms with E-state index < -0.39 is 6.23 Å². The summed E-state index contributed by atoms with van der Waals surface area (Å²) in [7, 11) is 0. The third-order valence-corrected chi connectivity index (χ3v) is 5.95. The molecule has 2 aliphatic heterocycles. The third-order valence-electron chi connectivity index (χ3n) is 5.95. The maximum atomic E-state index is 13.7. The molecule has 8 heteroatoms. The number of anilines is 1. The highest BCUT2D eigenvalue weighted by Gasteiger charge is 2.32. The molecule has 5 rings (SSSR count). The molecule has 2 atom stereocenters. The quantitative estimate of drug-likeness (QED) is 0.686. The predicted molar refractivity (Wildman–Crippen MR) is 109 cm³/mol. The first-order valence-corrected chi connectivity index (χ1v) is 9.95. The fraction of sp³-hybridized carbons (Fsp3) is 0.364. The molecule has 0 saturated carbocycles. The van der Waals surface area contributed by atoms with Crippen molar-refractivity contribution in [2.75, 3.05) is 25.5 Å². The van der Waals surface area contributed by atoms with Crippen molar-refractivity contribution in [1.29, 1.82) is 0 Å². The van der Waals surface area contributed by atoms with Gasteiger partial charge in [0.05, 0.1) is 49.9 Å². The Hall–Kier alpha value is -2.65. The van der Waals surface area contributed by atoms with Gasteiger partial charge in [0.2, 0.25) is 0 Å². The number of ether oxygens (including phenoxy) is 2. The zero-order valence-electron chi connectivity index (χ0n) is 16.6. The molecule has 0 radical (unpaired) electrons. The minimum absolute atomic E-state index is 0.205. The van der Waals surface area contributed by atoms with Crippen LogP contribution in [0.1, 0.15) is 40.2 Å². The summed E-state index contributed by atoms with van der Waals surface area (Å²) in [6.45, 7) is 4.09. The van der Waals surface area contributed by atoms with Crippen molar-refractivity contribution >= 4 is 16.7 Å². The van der Waals surface area contributed by atoms with Crippen LogP contribution in [0.4, 0.5) is 10.2 Å². The highest BCUT2D eigenvalue weighted by Crippen LogP contribution is 2.35. The second-order valence-electron chi connectivity index (χ2n) is 7.78. The normalized spacial score (nSPS) is 20.4. The van der Waals surface area contributed by atoms with E-state index in [0.717, 1.165) is 22.1 Å². The molecule has 2 unspecified atom stereocenters. The van der Waals surface area contributed by atoms with Crippen LogP contribution in [-0.2, 0) is 22.7 Å². The number of morpholine rings is 1. The first kappa shape index (κ1) is 19.3. The number of aliphatic hydroxyl groups excluding tert-OH is 1. The van der Waals surface area contributed by atoms with Crippen LogP contribution in [0.15, 0.2) is 30.5 Å². The lowest BCUT2D eigenvalue weighted by molar-refractivity contribution is -0.0997. The maximum Gasteiger partial charge on any atom is 0.151 e. The van der Waals surface area contributed by atoms with Gasteiger partial charge in [-0.2, -0.15) is 0 Å². The topological polar surface area (TPSA) is 93.7 Å². The second-order valence-corrected chi connectivity index (χ2v) is 7.78. The van der Waals surface area contributed by atoms with E-state index in [2.05, 4.69) is 9.97 Å². The average molecular weight is 410 g/mol. The van der Waals surface area contributed by atoms with Crippen LogP contribution in [0.2, 0.25) is 0 Å². The molecule has 7 nitrogen and oxygen atoms in total. The molecule has 4 heterocycles. The number of aryl methyl sites for hydroxylation is 1. The van der Waals surface area contributed by atoms with E-state index >= 15 is 0 Å². The van der Waals surface area contributed by atoms with Gasteiger partial charge in [-0.1, -0.05) is 12.1 Å². The maximum absolute atomic E-state index is 13.7. The number of hydrogen-bond donors (Lipinski definition) is 2. The number of halogens is 1. The summed E-state index contributed by atoms with van der Waals surface area (Å²) in [4.78, 5) is 10.8. The van der Waals surface area contributed by atoms with Gasteiger partial charge in [-0.25, -0.2) is 9.37 Å². The summed E-state index contributed by atoms with van der Waals surface area (Å²) < 4.78 is 25.0. The molecule has 0 aliphatic carbocycles. The molecule has 2 aliphatic rings. The Labute approximate surface area is 173 Å². The van der Waals surface area contributed by atoms with Crippen molar-refractivity contribution in [1.82, 2.24) is 14.9 Å². The number of nitrogen functional groups attached to an aromatic ring is 1. The van der Waals surface area contributed by atoms with E-state index in [9.17, 15) is 9.50 Å². The molecule has 0 amide bonds. The minimum Gasteiger partial charge on any atom is -0.383 e. The van der Waals surface area contributed by atoms with Crippen molar-refractivity contribution < 1.29 is 19.0 Å². The molecule has 1 saturated heterocycles. The van der Waals surface area contributed by atoms with E-state index in [1.807, 2.05) is 11.0 Å². The number of aromatic nitrogens is 2. The van der Waals surface area contributed by atoms with Gasteiger partial charge >= 0.3 is 0 Å². The van der Waals surface area contributed by atoms with Gasteiger partial charge < -0.3 is 20.3 Å². The van der Waals surface area contributed by atoms with Gasteiger partial charge in [-0.3, -0.25) is 9.88 Å². The van der Waals surface area contributed by atoms with Gasteiger partial charge in [-0.05, 0) is 35.7 Å². The van der Waals surface area contributed by atoms with E-state index in [1.54, 1.807) is 25.3 Å². The Morgan fingerprint density at radius 3 is 2.90 bits per heavy atom. The molecule has 0 spiro atoms. The number of hydrogen-bond acceptors (Lipinski definition) is 7. The zero-order chi connectivity index (χ0) is 20.8. The number of nitrogens with two attached hydrogens (primary N) is 1. The van der Waals surface area contributed by atoms with Crippen molar-refractivity contribution in [2.24, 2.45) is 0 Å². The molecule has 0 bridgehead atoms. The van der Waals surface area contributed by atoms with E-state index in [0.29, 0.717) is 55.6 Å². The molecule has 3 aromatic rings. The van der Waals surface area contributed by atoms with Crippen molar-refractivity contribution in [3.8, 4) is 0 Å². The van der Waals surface area contributed by atoms with Gasteiger partial charge in [0.15, 0.2) is 6.23 Å². The summed E-state index contributed by atoms with van der Waals surface area (Å²) in [6, 6.07) is 6.66. The smallest absolute Gasteiger partial charge is 0.151 e. The minimum atomic E-state index is -0.941. The number of rotatable bonds is 3. The SMILES string of the molecule is Cc1cc(C2COCCN2C(O)c2cc3c4c(c(N)nc3cn2)COC4)ccc1F. The lowest BCUT2D eigenvalue weighted by atomic mass is 10.0. The van der Waals surface area contributed by atoms with Gasteiger partial charge in [0.1, 0.15) is 11.6 Å². The molecular weight excluding hydrogens is 387 g/mol. The third kappa shape index (κ3) is 3.22. The Morgan fingerprint density at radius 1 is 1.23 bits per heavy atom. The van der Waals surface area contributed by atoms with Crippen molar-refractivity contribution in [2.45, 2.75) is 32.4 Å². The molecule has 1 aromatic carbocycles. The summed E-state index contributed by atoms with van der Waals surface area (Å²) in [6.07, 6.45) is 0.699. The van der Waals surface area contributed by atoms with Gasteiger partial charge in [0, 0.05) is 17.5 Å². The van der Waals surface area contributed by atoms with Gasteiger partial charge in [0.25, 0.3) is 0 Å².